The first kappa shape index (κ1) is 8.05. The van der Waals surface area contributed by atoms with Crippen LogP contribution >= 0.6 is 0 Å². The third-order valence-corrected chi connectivity index (χ3v) is 2.37. The second-order valence-corrected chi connectivity index (χ2v) is 3.19. The van der Waals surface area contributed by atoms with Crippen molar-refractivity contribution in [3.8, 4) is 0 Å². The molecular weight excluding hydrogens is 162 g/mol. The minimum absolute atomic E-state index is 0.124. The normalized spacial score (nSPS) is 19.8. The van der Waals surface area contributed by atoms with Gasteiger partial charge in [-0.2, -0.15) is 0 Å². The van der Waals surface area contributed by atoms with Crippen molar-refractivity contribution in [1.29, 1.82) is 0 Å². The first-order valence-electron chi connectivity index (χ1n) is 4.27. The van der Waals surface area contributed by atoms with Crippen LogP contribution in [0.2, 0.25) is 0 Å². The summed E-state index contributed by atoms with van der Waals surface area (Å²) in [6, 6.07) is 7.84. The van der Waals surface area contributed by atoms with Crippen LogP contribution in [0.25, 0.3) is 6.08 Å². The summed E-state index contributed by atoms with van der Waals surface area (Å²) in [5.41, 5.74) is 2.22. The van der Waals surface area contributed by atoms with E-state index >= 15 is 0 Å². The van der Waals surface area contributed by atoms with Crippen molar-refractivity contribution in [3.63, 3.8) is 0 Å². The van der Waals surface area contributed by atoms with E-state index in [1.165, 1.54) is 0 Å². The second kappa shape index (κ2) is 3.05. The van der Waals surface area contributed by atoms with Gasteiger partial charge in [-0.05, 0) is 17.2 Å². The molecule has 1 aromatic rings. The first-order chi connectivity index (χ1) is 6.33. The van der Waals surface area contributed by atoms with Crippen LogP contribution in [-0.2, 0) is 4.79 Å². The molecule has 1 aliphatic rings. The smallest absolute Gasteiger partial charge is 0.146 e. The van der Waals surface area contributed by atoms with E-state index in [0.717, 1.165) is 17.4 Å². The van der Waals surface area contributed by atoms with Crippen molar-refractivity contribution in [3.05, 3.63) is 41.6 Å². The van der Waals surface area contributed by atoms with Gasteiger partial charge < -0.3 is 9.69 Å². The van der Waals surface area contributed by atoms with Crippen LogP contribution in [0.5, 0.6) is 0 Å². The maximum atomic E-state index is 10.9. The number of aldehydes is 1. The van der Waals surface area contributed by atoms with Crippen LogP contribution in [0, 0.1) is 0 Å². The number of likely N-dealkylation sites (N-methyl/N-ethyl adjacent to an activating group) is 1. The maximum absolute atomic E-state index is 10.9. The summed E-state index contributed by atoms with van der Waals surface area (Å²) < 4.78 is 0. The molecule has 0 N–H and O–H groups in total. The van der Waals surface area contributed by atoms with Crippen molar-refractivity contribution in [1.82, 2.24) is 4.90 Å². The highest BCUT2D eigenvalue weighted by molar-refractivity contribution is 5.69. The van der Waals surface area contributed by atoms with Gasteiger partial charge in [0, 0.05) is 13.2 Å². The largest absolute Gasteiger partial charge is 0.367 e. The van der Waals surface area contributed by atoms with E-state index in [2.05, 4.69) is 0 Å². The van der Waals surface area contributed by atoms with Gasteiger partial charge in [0.25, 0.3) is 0 Å². The highest BCUT2D eigenvalue weighted by atomic mass is 16.1. The van der Waals surface area contributed by atoms with E-state index in [0.29, 0.717) is 0 Å². The molecule has 1 unspecified atom stereocenters. The van der Waals surface area contributed by atoms with Gasteiger partial charge in [0.2, 0.25) is 0 Å². The van der Waals surface area contributed by atoms with Crippen LogP contribution in [0.4, 0.5) is 0 Å². The molecule has 2 heteroatoms. The zero-order chi connectivity index (χ0) is 9.26. The van der Waals surface area contributed by atoms with E-state index in [9.17, 15) is 4.79 Å². The van der Waals surface area contributed by atoms with Gasteiger partial charge in [-0.3, -0.25) is 0 Å². The third kappa shape index (κ3) is 1.24. The number of carbonyl (C=O) groups excluding carboxylic acids is 1. The predicted molar refractivity (Wildman–Crippen MR) is 52.0 cm³/mol. The van der Waals surface area contributed by atoms with E-state index in [-0.39, 0.29) is 6.04 Å². The van der Waals surface area contributed by atoms with Crippen molar-refractivity contribution in [2.45, 2.75) is 6.04 Å². The summed E-state index contributed by atoms with van der Waals surface area (Å²) in [5, 5.41) is 0. The molecule has 1 heterocycles. The molecule has 2 rings (SSSR count). The van der Waals surface area contributed by atoms with Crippen LogP contribution in [0.3, 0.4) is 0 Å². The quantitative estimate of drug-likeness (QED) is 0.604. The summed E-state index contributed by atoms with van der Waals surface area (Å²) in [7, 11) is 1.91. The Morgan fingerprint density at radius 3 is 2.92 bits per heavy atom. The number of carbonyl (C=O) groups is 1. The van der Waals surface area contributed by atoms with Gasteiger partial charge in [-0.15, -0.1) is 0 Å². The molecule has 0 bridgehead atoms. The molecule has 1 aromatic carbocycles. The van der Waals surface area contributed by atoms with Crippen LogP contribution in [0.1, 0.15) is 17.2 Å². The summed E-state index contributed by atoms with van der Waals surface area (Å²) >= 11 is 0. The molecule has 0 amide bonds. The summed E-state index contributed by atoms with van der Waals surface area (Å²) in [4.78, 5) is 12.8. The molecule has 1 atom stereocenters. The van der Waals surface area contributed by atoms with Crippen molar-refractivity contribution in [2.24, 2.45) is 0 Å². The van der Waals surface area contributed by atoms with Gasteiger partial charge in [-0.25, -0.2) is 0 Å². The van der Waals surface area contributed by atoms with Gasteiger partial charge in [-0.1, -0.05) is 24.3 Å². The number of hydrogen-bond acceptors (Lipinski definition) is 2. The lowest BCUT2D eigenvalue weighted by Gasteiger charge is -2.27. The second-order valence-electron chi connectivity index (χ2n) is 3.19. The monoisotopic (exact) mass is 173 g/mol. The third-order valence-electron chi connectivity index (χ3n) is 2.37. The lowest BCUT2D eigenvalue weighted by atomic mass is 9.98. The first-order valence-corrected chi connectivity index (χ1v) is 4.27. The SMILES string of the molecule is CN1C=Cc2ccccc2C1C=O. The molecule has 13 heavy (non-hydrogen) atoms. The number of benzene rings is 1. The molecule has 0 radical (unpaired) electrons. The fraction of sp³-hybridized carbons (Fsp3) is 0.182. The van der Waals surface area contributed by atoms with Gasteiger partial charge in [0.05, 0.1) is 0 Å². The topological polar surface area (TPSA) is 20.3 Å². The Morgan fingerprint density at radius 2 is 2.15 bits per heavy atom. The Kier molecular flexibility index (Phi) is 1.89. The summed E-state index contributed by atoms with van der Waals surface area (Å²) in [6.45, 7) is 0. The number of hydrogen-bond donors (Lipinski definition) is 0. The lowest BCUT2D eigenvalue weighted by Crippen LogP contribution is -2.23. The zero-order valence-electron chi connectivity index (χ0n) is 7.47. The molecule has 0 fully saturated rings. The molecule has 66 valence electrons. The minimum atomic E-state index is -0.124. The molecule has 0 spiro atoms. The summed E-state index contributed by atoms with van der Waals surface area (Å²) in [5.74, 6) is 0. The number of nitrogens with zero attached hydrogens (tertiary/aromatic N) is 1. The molecule has 0 saturated carbocycles. The molecule has 2 nitrogen and oxygen atoms in total. The van der Waals surface area contributed by atoms with E-state index < -0.39 is 0 Å². The Bertz CT molecular complexity index is 357. The van der Waals surface area contributed by atoms with Crippen LogP contribution in [0.15, 0.2) is 30.5 Å². The fourth-order valence-electron chi connectivity index (χ4n) is 1.61. The average molecular weight is 173 g/mol. The average Bonchev–Trinajstić information content (AvgIpc) is 2.18. The van der Waals surface area contributed by atoms with E-state index in [4.69, 9.17) is 0 Å². The molecular formula is C11H11NO. The standard InChI is InChI=1S/C11H11NO/c1-12-7-6-9-4-2-3-5-10(9)11(12)8-13/h2-8,11H,1H3. The Balaban J connectivity index is 2.53. The lowest BCUT2D eigenvalue weighted by molar-refractivity contribution is -0.111. The molecule has 0 saturated heterocycles. The predicted octanol–water partition coefficient (Wildman–Crippen LogP) is 1.84. The summed E-state index contributed by atoms with van der Waals surface area (Å²) in [6.07, 6.45) is 4.93. The van der Waals surface area contributed by atoms with Crippen LogP contribution in [-0.4, -0.2) is 18.2 Å². The maximum Gasteiger partial charge on any atom is 0.146 e. The zero-order valence-corrected chi connectivity index (χ0v) is 7.47. The van der Waals surface area contributed by atoms with Gasteiger partial charge in [0.15, 0.2) is 0 Å². The van der Waals surface area contributed by atoms with E-state index in [1.54, 1.807) is 0 Å². The highest BCUT2D eigenvalue weighted by Crippen LogP contribution is 2.26. The Morgan fingerprint density at radius 1 is 1.38 bits per heavy atom. The number of rotatable bonds is 1. The van der Waals surface area contributed by atoms with Crippen molar-refractivity contribution < 1.29 is 4.79 Å². The minimum Gasteiger partial charge on any atom is -0.367 e. The Labute approximate surface area is 77.5 Å². The molecule has 0 aliphatic carbocycles. The van der Waals surface area contributed by atoms with E-state index in [1.807, 2.05) is 48.5 Å². The van der Waals surface area contributed by atoms with Gasteiger partial charge in [0.1, 0.15) is 12.3 Å². The molecule has 0 aromatic heterocycles. The highest BCUT2D eigenvalue weighted by Gasteiger charge is 2.18. The van der Waals surface area contributed by atoms with Gasteiger partial charge >= 0.3 is 0 Å². The number of fused-ring (bicyclic) bond motifs is 1. The van der Waals surface area contributed by atoms with Crippen molar-refractivity contribution in [2.75, 3.05) is 7.05 Å². The van der Waals surface area contributed by atoms with Crippen LogP contribution < -0.4 is 0 Å². The molecule has 1 aliphatic heterocycles. The van der Waals surface area contributed by atoms with Crippen molar-refractivity contribution >= 4 is 12.4 Å². The Hall–Kier alpha value is -1.57. The fourth-order valence-corrected chi connectivity index (χ4v) is 1.61.